The molecule has 0 amide bonds. The summed E-state index contributed by atoms with van der Waals surface area (Å²) in [6, 6.07) is 0. The average Bonchev–Trinajstić information content (AvgIpc) is 2.64. The second-order valence-corrected chi connectivity index (χ2v) is 8.22. The van der Waals surface area contributed by atoms with Gasteiger partial charge in [-0.15, -0.1) is 0 Å². The van der Waals surface area contributed by atoms with Gasteiger partial charge in [0.1, 0.15) is 6.10 Å². The Hall–Kier alpha value is -0.610. The fourth-order valence-electron chi connectivity index (χ4n) is 5.26. The predicted octanol–water partition coefficient (Wildman–Crippen LogP) is 5.11. The molecule has 3 aliphatic carbocycles. The van der Waals surface area contributed by atoms with Crippen LogP contribution in [0.1, 0.15) is 89.9 Å². The summed E-state index contributed by atoms with van der Waals surface area (Å²) in [4.78, 5) is 17.8. The lowest BCUT2D eigenvalue weighted by molar-refractivity contribution is -0.309. The third-order valence-electron chi connectivity index (χ3n) is 6.62. The molecule has 3 atom stereocenters. The van der Waals surface area contributed by atoms with E-state index in [4.69, 9.17) is 9.62 Å². The number of carbonyl (C=O) groups is 1. The third kappa shape index (κ3) is 4.51. The minimum atomic E-state index is -0.186. The lowest BCUT2D eigenvalue weighted by Crippen LogP contribution is -2.42. The molecule has 138 valence electrons. The van der Waals surface area contributed by atoms with Crippen molar-refractivity contribution in [1.29, 1.82) is 0 Å². The van der Waals surface area contributed by atoms with E-state index in [9.17, 15) is 10.1 Å². The molecule has 1 N–H and O–H groups in total. The van der Waals surface area contributed by atoms with Crippen LogP contribution in [-0.4, -0.2) is 23.4 Å². The average molecular weight is 338 g/mol. The minimum Gasteiger partial charge on any atom is -0.462 e. The van der Waals surface area contributed by atoms with E-state index in [1.807, 2.05) is 0 Å². The molecule has 0 aliphatic heterocycles. The van der Waals surface area contributed by atoms with Crippen LogP contribution in [0.3, 0.4) is 0 Å². The van der Waals surface area contributed by atoms with Gasteiger partial charge >= 0.3 is 5.97 Å². The first-order chi connectivity index (χ1) is 11.8. The van der Waals surface area contributed by atoms with Crippen molar-refractivity contribution in [1.82, 2.24) is 0 Å². The number of ether oxygens (including phenoxy) is 1. The van der Waals surface area contributed by atoms with Crippen LogP contribution < -0.4 is 0 Å². The molecular weight excluding hydrogens is 304 g/mol. The molecule has 3 unspecified atom stereocenters. The molecule has 0 heterocycles. The van der Waals surface area contributed by atoms with Gasteiger partial charge in [0, 0.05) is 5.92 Å². The van der Waals surface area contributed by atoms with Crippen molar-refractivity contribution in [2.45, 2.75) is 102 Å². The zero-order chi connectivity index (χ0) is 16.8. The van der Waals surface area contributed by atoms with Crippen LogP contribution in [0.25, 0.3) is 0 Å². The molecular formula is C20H34O4. The third-order valence-corrected chi connectivity index (χ3v) is 6.62. The Morgan fingerprint density at radius 1 is 0.792 bits per heavy atom. The number of hydrogen-bond acceptors (Lipinski definition) is 4. The van der Waals surface area contributed by atoms with Gasteiger partial charge in [-0.05, 0) is 57.3 Å². The second kappa shape index (κ2) is 9.19. The largest absolute Gasteiger partial charge is 0.462 e. The number of esters is 1. The minimum absolute atomic E-state index is 0.0236. The molecule has 4 heteroatoms. The van der Waals surface area contributed by atoms with E-state index in [0.29, 0.717) is 5.92 Å². The van der Waals surface area contributed by atoms with E-state index >= 15 is 0 Å². The van der Waals surface area contributed by atoms with Crippen LogP contribution in [0.15, 0.2) is 0 Å². The number of hydrogen-bond donors (Lipinski definition) is 1. The van der Waals surface area contributed by atoms with Crippen molar-refractivity contribution in [3.05, 3.63) is 0 Å². The second-order valence-electron chi connectivity index (χ2n) is 8.22. The van der Waals surface area contributed by atoms with Crippen molar-refractivity contribution >= 4 is 5.97 Å². The topological polar surface area (TPSA) is 55.8 Å². The fraction of sp³-hybridized carbons (Fsp3) is 0.950. The van der Waals surface area contributed by atoms with E-state index in [0.717, 1.165) is 51.4 Å². The summed E-state index contributed by atoms with van der Waals surface area (Å²) in [6.07, 6.45) is 15.6. The summed E-state index contributed by atoms with van der Waals surface area (Å²) in [5, 5.41) is 9.60. The Bertz CT molecular complexity index is 385. The molecule has 0 aromatic rings. The predicted molar refractivity (Wildman–Crippen MR) is 92.5 cm³/mol. The van der Waals surface area contributed by atoms with Crippen LogP contribution >= 0.6 is 0 Å². The number of rotatable bonds is 5. The Morgan fingerprint density at radius 3 is 2.04 bits per heavy atom. The Balaban J connectivity index is 1.63. The quantitative estimate of drug-likeness (QED) is 0.430. The lowest BCUT2D eigenvalue weighted by Gasteiger charge is -2.39. The summed E-state index contributed by atoms with van der Waals surface area (Å²) in [5.41, 5.74) is 0. The van der Waals surface area contributed by atoms with Crippen molar-refractivity contribution in [3.63, 3.8) is 0 Å². The van der Waals surface area contributed by atoms with E-state index < -0.39 is 0 Å². The molecule has 0 aromatic heterocycles. The summed E-state index contributed by atoms with van der Waals surface area (Å²) in [7, 11) is 0. The molecule has 0 saturated heterocycles. The zero-order valence-electron chi connectivity index (χ0n) is 15.0. The molecule has 0 aromatic carbocycles. The highest BCUT2D eigenvalue weighted by Gasteiger charge is 2.42. The summed E-state index contributed by atoms with van der Waals surface area (Å²) < 4.78 is 5.87. The lowest BCUT2D eigenvalue weighted by atomic mass is 9.70. The molecule has 0 spiro atoms. The highest BCUT2D eigenvalue weighted by molar-refractivity contribution is 5.73. The van der Waals surface area contributed by atoms with Crippen LogP contribution in [0.4, 0.5) is 0 Å². The van der Waals surface area contributed by atoms with Crippen LogP contribution in [0.5, 0.6) is 0 Å². The smallest absolute Gasteiger partial charge is 0.309 e. The number of carbonyl (C=O) groups excluding carboxylic acids is 1. The Labute approximate surface area is 146 Å². The van der Waals surface area contributed by atoms with Gasteiger partial charge < -0.3 is 4.74 Å². The van der Waals surface area contributed by atoms with Crippen LogP contribution in [0.2, 0.25) is 0 Å². The molecule has 24 heavy (non-hydrogen) atoms. The summed E-state index contributed by atoms with van der Waals surface area (Å²) in [6.45, 7) is 0. The van der Waals surface area contributed by atoms with E-state index in [1.165, 1.54) is 38.5 Å². The van der Waals surface area contributed by atoms with Gasteiger partial charge in [-0.2, -0.15) is 0 Å². The van der Waals surface area contributed by atoms with Crippen molar-refractivity contribution in [3.8, 4) is 0 Å². The van der Waals surface area contributed by atoms with Gasteiger partial charge in [-0.25, -0.2) is 4.89 Å². The Morgan fingerprint density at radius 2 is 1.38 bits per heavy atom. The SMILES string of the molecule is O=C(OC1CCCCC1)C1CCCCC1C(OO)C1CCCCC1. The van der Waals surface area contributed by atoms with E-state index in [1.54, 1.807) is 0 Å². The van der Waals surface area contributed by atoms with Crippen molar-refractivity contribution < 1.29 is 19.7 Å². The van der Waals surface area contributed by atoms with Gasteiger partial charge in [0.05, 0.1) is 12.0 Å². The molecule has 3 fully saturated rings. The van der Waals surface area contributed by atoms with Gasteiger partial charge in [0.15, 0.2) is 0 Å². The summed E-state index contributed by atoms with van der Waals surface area (Å²) >= 11 is 0. The maximum atomic E-state index is 12.8. The molecule has 0 radical (unpaired) electrons. The van der Waals surface area contributed by atoms with Gasteiger partial charge in [0.25, 0.3) is 0 Å². The van der Waals surface area contributed by atoms with E-state index in [-0.39, 0.29) is 30.0 Å². The normalized spacial score (nSPS) is 31.5. The molecule has 4 nitrogen and oxygen atoms in total. The van der Waals surface area contributed by atoms with Gasteiger partial charge in [-0.1, -0.05) is 38.5 Å². The van der Waals surface area contributed by atoms with Gasteiger partial charge in [-0.3, -0.25) is 10.1 Å². The maximum absolute atomic E-state index is 12.8. The highest BCUT2D eigenvalue weighted by atomic mass is 17.1. The standard InChI is InChI=1S/C20H34O4/c21-20(23-16-11-5-2-6-12-16)18-14-8-7-13-17(18)19(24-22)15-9-3-1-4-10-15/h15-19,22H,1-14H2. The van der Waals surface area contributed by atoms with Crippen molar-refractivity contribution in [2.75, 3.05) is 0 Å². The van der Waals surface area contributed by atoms with Gasteiger partial charge in [0.2, 0.25) is 0 Å². The Kier molecular flexibility index (Phi) is 6.96. The summed E-state index contributed by atoms with van der Waals surface area (Å²) in [5.74, 6) is 0.420. The first-order valence-electron chi connectivity index (χ1n) is 10.3. The maximum Gasteiger partial charge on any atom is 0.309 e. The fourth-order valence-corrected chi connectivity index (χ4v) is 5.26. The van der Waals surface area contributed by atoms with Crippen molar-refractivity contribution in [2.24, 2.45) is 17.8 Å². The molecule has 3 rings (SSSR count). The first kappa shape index (κ1) is 18.2. The highest BCUT2D eigenvalue weighted by Crippen LogP contribution is 2.41. The molecule has 3 saturated carbocycles. The van der Waals surface area contributed by atoms with Crippen LogP contribution in [0, 0.1) is 17.8 Å². The van der Waals surface area contributed by atoms with E-state index in [2.05, 4.69) is 0 Å². The zero-order valence-corrected chi connectivity index (χ0v) is 15.0. The monoisotopic (exact) mass is 338 g/mol. The molecule has 0 bridgehead atoms. The molecule has 3 aliphatic rings. The first-order valence-corrected chi connectivity index (χ1v) is 10.3. The van der Waals surface area contributed by atoms with Crippen LogP contribution in [-0.2, 0) is 14.4 Å².